The van der Waals surface area contributed by atoms with E-state index in [4.69, 9.17) is 9.47 Å². The number of ether oxygens (including phenoxy) is 2. The molecule has 0 spiro atoms. The number of para-hydroxylation sites is 1. The zero-order chi connectivity index (χ0) is 30.0. The number of phenols is 1. The van der Waals surface area contributed by atoms with Crippen LogP contribution < -0.4 is 5.32 Å². The number of carbonyl (C=O) groups is 2. The van der Waals surface area contributed by atoms with Crippen molar-refractivity contribution in [1.29, 1.82) is 0 Å². The van der Waals surface area contributed by atoms with Crippen molar-refractivity contribution in [2.45, 2.75) is 90.6 Å². The third-order valence-electron chi connectivity index (χ3n) is 6.58. The van der Waals surface area contributed by atoms with Gasteiger partial charge in [-0.15, -0.1) is 0 Å². The van der Waals surface area contributed by atoms with Gasteiger partial charge in [-0.05, 0) is 76.3 Å². The van der Waals surface area contributed by atoms with Crippen molar-refractivity contribution < 1.29 is 24.2 Å². The summed E-state index contributed by atoms with van der Waals surface area (Å²) in [4.78, 5) is 25.0. The Morgan fingerprint density at radius 2 is 1.34 bits per heavy atom. The Morgan fingerprint density at radius 3 is 1.90 bits per heavy atom. The van der Waals surface area contributed by atoms with Crippen molar-refractivity contribution >= 4 is 11.9 Å². The predicted octanol–water partition coefficient (Wildman–Crippen LogP) is 8.16. The lowest BCUT2D eigenvalue weighted by Gasteiger charge is -2.29. The number of rotatable bonds is 22. The van der Waals surface area contributed by atoms with E-state index in [1.165, 1.54) is 12.1 Å². The summed E-state index contributed by atoms with van der Waals surface area (Å²) in [6.45, 7) is 6.66. The van der Waals surface area contributed by atoms with Gasteiger partial charge in [-0.1, -0.05) is 93.7 Å². The van der Waals surface area contributed by atoms with Gasteiger partial charge < -0.3 is 19.9 Å². The zero-order valence-electron chi connectivity index (χ0n) is 25.4. The number of esters is 1. The molecule has 0 saturated heterocycles. The summed E-state index contributed by atoms with van der Waals surface area (Å²) in [5.41, 5.74) is -0.790. The number of phenolic OH excluding ortho intramolecular Hbond substituents is 1. The van der Waals surface area contributed by atoms with Crippen LogP contribution in [0.5, 0.6) is 5.75 Å². The number of allylic oxidation sites excluding steroid dienone is 10. The molecule has 1 aromatic rings. The molecule has 41 heavy (non-hydrogen) atoms. The largest absolute Gasteiger partial charge is 0.507 e. The number of hydrogen-bond donors (Lipinski definition) is 2. The third-order valence-corrected chi connectivity index (χ3v) is 6.58. The molecule has 0 fully saturated rings. The monoisotopic (exact) mass is 565 g/mol. The van der Waals surface area contributed by atoms with Crippen molar-refractivity contribution in [3.8, 4) is 5.75 Å². The molecule has 0 unspecified atom stereocenters. The molecule has 1 rings (SSSR count). The van der Waals surface area contributed by atoms with Crippen molar-refractivity contribution in [1.82, 2.24) is 5.32 Å². The SMILES string of the molecule is CCC=CCC=CCC=CCC=CCC=CCCCCOC(CC)(CC)C(=O)OCCNC(=O)c1ccccc1O. The molecule has 0 aliphatic rings. The summed E-state index contributed by atoms with van der Waals surface area (Å²) < 4.78 is 11.5. The molecule has 6 nitrogen and oxygen atoms in total. The molecule has 226 valence electrons. The van der Waals surface area contributed by atoms with Crippen LogP contribution >= 0.6 is 0 Å². The average molecular weight is 566 g/mol. The molecule has 0 radical (unpaired) electrons. The van der Waals surface area contributed by atoms with E-state index in [-0.39, 0.29) is 24.5 Å². The van der Waals surface area contributed by atoms with E-state index >= 15 is 0 Å². The fraction of sp³-hybridized carbons (Fsp3) is 0.486. The Morgan fingerprint density at radius 1 is 0.780 bits per heavy atom. The number of hydrogen-bond acceptors (Lipinski definition) is 5. The van der Waals surface area contributed by atoms with Crippen molar-refractivity contribution in [2.24, 2.45) is 0 Å². The highest BCUT2D eigenvalue weighted by atomic mass is 16.6. The Kier molecular flexibility index (Phi) is 20.3. The van der Waals surface area contributed by atoms with Crippen LogP contribution in [0.1, 0.15) is 95.3 Å². The van der Waals surface area contributed by atoms with E-state index in [1.54, 1.807) is 12.1 Å². The maximum absolute atomic E-state index is 12.8. The molecule has 0 heterocycles. The van der Waals surface area contributed by atoms with Crippen molar-refractivity contribution in [3.05, 3.63) is 90.6 Å². The van der Waals surface area contributed by atoms with Gasteiger partial charge in [0.15, 0.2) is 5.60 Å². The van der Waals surface area contributed by atoms with Gasteiger partial charge in [0.2, 0.25) is 0 Å². The number of carbonyl (C=O) groups excluding carboxylic acids is 2. The fourth-order valence-corrected chi connectivity index (χ4v) is 4.00. The molecule has 0 aromatic heterocycles. The van der Waals surface area contributed by atoms with E-state index in [2.05, 4.69) is 73.0 Å². The van der Waals surface area contributed by atoms with Crippen LogP contribution in [0.25, 0.3) is 0 Å². The summed E-state index contributed by atoms with van der Waals surface area (Å²) in [6, 6.07) is 6.30. The normalized spacial score (nSPS) is 12.5. The molecule has 0 saturated carbocycles. The van der Waals surface area contributed by atoms with Crippen LogP contribution in [-0.2, 0) is 14.3 Å². The lowest BCUT2D eigenvalue weighted by atomic mass is 9.97. The summed E-state index contributed by atoms with van der Waals surface area (Å²) >= 11 is 0. The number of aromatic hydroxyl groups is 1. The molecule has 6 heteroatoms. The first-order valence-corrected chi connectivity index (χ1v) is 15.1. The fourth-order valence-electron chi connectivity index (χ4n) is 4.00. The van der Waals surface area contributed by atoms with E-state index in [0.717, 1.165) is 51.4 Å². The van der Waals surface area contributed by atoms with Crippen LogP contribution in [0.15, 0.2) is 85.0 Å². The highest BCUT2D eigenvalue weighted by Crippen LogP contribution is 2.23. The summed E-state index contributed by atoms with van der Waals surface area (Å²) in [6.07, 6.45) is 30.8. The summed E-state index contributed by atoms with van der Waals surface area (Å²) in [5.74, 6) is -0.912. The van der Waals surface area contributed by atoms with Gasteiger partial charge in [0, 0.05) is 6.61 Å². The van der Waals surface area contributed by atoms with Crippen LogP contribution in [0.2, 0.25) is 0 Å². The first kappa shape index (κ1) is 35.6. The van der Waals surface area contributed by atoms with Gasteiger partial charge >= 0.3 is 5.97 Å². The Hall–Kier alpha value is -3.38. The Balaban J connectivity index is 2.19. The van der Waals surface area contributed by atoms with Crippen LogP contribution in [0.4, 0.5) is 0 Å². The van der Waals surface area contributed by atoms with Crippen molar-refractivity contribution in [3.63, 3.8) is 0 Å². The van der Waals surface area contributed by atoms with Gasteiger partial charge in [0.25, 0.3) is 5.91 Å². The second kappa shape index (κ2) is 23.3. The standard InChI is InChI=1S/C35H51NO5/c1-4-7-8-9-10-11-12-13-14-15-16-17-18-19-20-21-22-25-29-41-35(5-2,6-3)34(39)40-30-28-36-33(38)31-26-23-24-27-32(31)37/h7-8,10-11,13-14,16-17,19-20,23-24,26-27,37H,4-6,9,12,15,18,21-22,25,28-30H2,1-3H3,(H,36,38). The van der Waals surface area contributed by atoms with E-state index in [0.29, 0.717) is 19.4 Å². The second-order valence-corrected chi connectivity index (χ2v) is 9.66. The summed E-state index contributed by atoms with van der Waals surface area (Å²) in [7, 11) is 0. The first-order valence-electron chi connectivity index (χ1n) is 15.1. The quantitative estimate of drug-likeness (QED) is 0.0842. The number of benzene rings is 1. The molecular weight excluding hydrogens is 514 g/mol. The van der Waals surface area contributed by atoms with Gasteiger partial charge in [0.05, 0.1) is 12.1 Å². The Labute approximate surface area is 247 Å². The topological polar surface area (TPSA) is 84.9 Å². The van der Waals surface area contributed by atoms with E-state index < -0.39 is 17.5 Å². The van der Waals surface area contributed by atoms with Gasteiger partial charge in [-0.2, -0.15) is 0 Å². The minimum Gasteiger partial charge on any atom is -0.507 e. The minimum atomic E-state index is -0.973. The predicted molar refractivity (Wildman–Crippen MR) is 169 cm³/mol. The zero-order valence-corrected chi connectivity index (χ0v) is 25.4. The molecule has 1 aromatic carbocycles. The number of nitrogens with one attached hydrogen (secondary N) is 1. The highest BCUT2D eigenvalue weighted by Gasteiger charge is 2.37. The highest BCUT2D eigenvalue weighted by molar-refractivity contribution is 5.96. The molecule has 0 atom stereocenters. The van der Waals surface area contributed by atoms with Crippen LogP contribution in [0, 0.1) is 0 Å². The van der Waals surface area contributed by atoms with Crippen LogP contribution in [-0.4, -0.2) is 42.3 Å². The molecular formula is C35H51NO5. The van der Waals surface area contributed by atoms with Gasteiger partial charge in [-0.3, -0.25) is 4.79 Å². The minimum absolute atomic E-state index is 0.0351. The molecule has 2 N–H and O–H groups in total. The molecule has 0 bridgehead atoms. The average Bonchev–Trinajstić information content (AvgIpc) is 2.98. The Bertz CT molecular complexity index is 1000. The smallest absolute Gasteiger partial charge is 0.338 e. The lowest BCUT2D eigenvalue weighted by molar-refractivity contribution is -0.174. The van der Waals surface area contributed by atoms with Gasteiger partial charge in [-0.25, -0.2) is 4.79 Å². The molecule has 0 aliphatic carbocycles. The lowest BCUT2D eigenvalue weighted by Crippen LogP contribution is -2.43. The summed E-state index contributed by atoms with van der Waals surface area (Å²) in [5, 5.41) is 12.4. The van der Waals surface area contributed by atoms with E-state index in [1.807, 2.05) is 13.8 Å². The first-order chi connectivity index (χ1) is 20.0. The second-order valence-electron chi connectivity index (χ2n) is 9.66. The maximum atomic E-state index is 12.8. The molecule has 0 aliphatic heterocycles. The maximum Gasteiger partial charge on any atom is 0.338 e. The van der Waals surface area contributed by atoms with Gasteiger partial charge in [0.1, 0.15) is 12.4 Å². The molecule has 1 amide bonds. The number of unbranched alkanes of at least 4 members (excludes halogenated alkanes) is 2. The van der Waals surface area contributed by atoms with E-state index in [9.17, 15) is 14.7 Å². The number of amides is 1. The van der Waals surface area contributed by atoms with Crippen LogP contribution in [0.3, 0.4) is 0 Å². The van der Waals surface area contributed by atoms with Crippen molar-refractivity contribution in [2.75, 3.05) is 19.8 Å². The third kappa shape index (κ3) is 15.9.